The molecule has 3 rings (SSSR count). The standard InChI is InChI=1S/C15H12ClN3O3/c1-9-11(3-2-4-12(9)16)13-6-5-10(22-13)7-17-19-8-14(20)18-15(19)21/h2-7H,8H2,1H3,(H,18,20,21)/b17-7-. The van der Waals surface area contributed by atoms with E-state index in [4.69, 9.17) is 16.0 Å². The van der Waals surface area contributed by atoms with E-state index in [-0.39, 0.29) is 12.5 Å². The van der Waals surface area contributed by atoms with Gasteiger partial charge < -0.3 is 4.42 Å². The van der Waals surface area contributed by atoms with E-state index in [1.807, 2.05) is 25.1 Å². The Bertz CT molecular complexity index is 782. The number of carbonyl (C=O) groups excluding carboxylic acids is 2. The van der Waals surface area contributed by atoms with E-state index in [2.05, 4.69) is 10.4 Å². The van der Waals surface area contributed by atoms with Crippen molar-refractivity contribution in [2.24, 2.45) is 5.10 Å². The van der Waals surface area contributed by atoms with Crippen LogP contribution in [0.15, 0.2) is 39.9 Å². The van der Waals surface area contributed by atoms with Crippen molar-refractivity contribution in [3.63, 3.8) is 0 Å². The van der Waals surface area contributed by atoms with Crippen molar-refractivity contribution in [1.29, 1.82) is 0 Å². The molecule has 0 bridgehead atoms. The average molecular weight is 318 g/mol. The van der Waals surface area contributed by atoms with Crippen LogP contribution >= 0.6 is 11.6 Å². The molecule has 112 valence electrons. The second-order valence-corrected chi connectivity index (χ2v) is 5.18. The minimum Gasteiger partial charge on any atom is -0.455 e. The van der Waals surface area contributed by atoms with E-state index >= 15 is 0 Å². The summed E-state index contributed by atoms with van der Waals surface area (Å²) in [5, 5.41) is 7.76. The molecule has 1 N–H and O–H groups in total. The molecule has 1 fully saturated rings. The molecule has 1 aromatic heterocycles. The highest BCUT2D eigenvalue weighted by Crippen LogP contribution is 2.29. The lowest BCUT2D eigenvalue weighted by molar-refractivity contribution is -0.118. The number of urea groups is 1. The Morgan fingerprint density at radius 1 is 1.32 bits per heavy atom. The van der Waals surface area contributed by atoms with Crippen molar-refractivity contribution in [2.75, 3.05) is 6.54 Å². The lowest BCUT2D eigenvalue weighted by Crippen LogP contribution is -2.24. The number of hydrogen-bond acceptors (Lipinski definition) is 4. The van der Waals surface area contributed by atoms with Gasteiger partial charge >= 0.3 is 6.03 Å². The largest absolute Gasteiger partial charge is 0.455 e. The number of rotatable bonds is 3. The van der Waals surface area contributed by atoms with E-state index in [9.17, 15) is 9.59 Å². The first-order chi connectivity index (χ1) is 10.5. The number of hydrogen-bond donors (Lipinski definition) is 1. The molecule has 0 spiro atoms. The van der Waals surface area contributed by atoms with E-state index in [0.717, 1.165) is 16.1 Å². The monoisotopic (exact) mass is 317 g/mol. The lowest BCUT2D eigenvalue weighted by atomic mass is 10.1. The number of carbonyl (C=O) groups is 2. The van der Waals surface area contributed by atoms with Gasteiger partial charge in [-0.1, -0.05) is 23.7 Å². The molecular weight excluding hydrogens is 306 g/mol. The topological polar surface area (TPSA) is 74.9 Å². The zero-order valence-corrected chi connectivity index (χ0v) is 12.4. The third kappa shape index (κ3) is 2.73. The predicted octanol–water partition coefficient (Wildman–Crippen LogP) is 2.79. The fourth-order valence-electron chi connectivity index (χ4n) is 2.09. The Hall–Kier alpha value is -2.60. The van der Waals surface area contributed by atoms with Gasteiger partial charge in [0.15, 0.2) is 0 Å². The van der Waals surface area contributed by atoms with Crippen molar-refractivity contribution in [3.05, 3.63) is 46.7 Å². The number of hydrazone groups is 1. The van der Waals surface area contributed by atoms with E-state index in [0.29, 0.717) is 16.5 Å². The van der Waals surface area contributed by atoms with Crippen LogP contribution in [0, 0.1) is 6.92 Å². The minimum atomic E-state index is -0.543. The number of imide groups is 1. The van der Waals surface area contributed by atoms with Crippen LogP contribution in [0.4, 0.5) is 4.79 Å². The fraction of sp³-hybridized carbons (Fsp3) is 0.133. The molecule has 1 aromatic carbocycles. The fourth-order valence-corrected chi connectivity index (χ4v) is 2.27. The molecule has 0 saturated carbocycles. The van der Waals surface area contributed by atoms with Gasteiger partial charge in [-0.25, -0.2) is 9.80 Å². The van der Waals surface area contributed by atoms with Crippen molar-refractivity contribution >= 4 is 29.8 Å². The maximum absolute atomic E-state index is 11.3. The van der Waals surface area contributed by atoms with Crippen LogP contribution in [0.5, 0.6) is 0 Å². The van der Waals surface area contributed by atoms with Gasteiger partial charge in [0, 0.05) is 10.6 Å². The molecule has 6 nitrogen and oxygen atoms in total. The zero-order chi connectivity index (χ0) is 15.7. The SMILES string of the molecule is Cc1c(Cl)cccc1-c1ccc(/C=N\N2CC(=O)NC2=O)o1. The van der Waals surface area contributed by atoms with Crippen LogP contribution in [-0.2, 0) is 4.79 Å². The molecule has 2 heterocycles. The van der Waals surface area contributed by atoms with E-state index in [1.54, 1.807) is 12.1 Å². The van der Waals surface area contributed by atoms with Crippen molar-refractivity contribution in [1.82, 2.24) is 10.3 Å². The molecule has 2 aromatic rings. The molecule has 3 amide bonds. The smallest absolute Gasteiger partial charge is 0.344 e. The third-order valence-electron chi connectivity index (χ3n) is 3.26. The summed E-state index contributed by atoms with van der Waals surface area (Å²) < 4.78 is 5.68. The average Bonchev–Trinajstić information content (AvgIpc) is 3.06. The van der Waals surface area contributed by atoms with Crippen LogP contribution in [0.1, 0.15) is 11.3 Å². The second kappa shape index (κ2) is 5.65. The molecule has 1 aliphatic heterocycles. The first-order valence-electron chi connectivity index (χ1n) is 6.55. The van der Waals surface area contributed by atoms with Crippen LogP contribution in [0.2, 0.25) is 5.02 Å². The number of furan rings is 1. The van der Waals surface area contributed by atoms with Gasteiger partial charge in [0.1, 0.15) is 18.1 Å². The van der Waals surface area contributed by atoms with Gasteiger partial charge in [0.2, 0.25) is 5.91 Å². The summed E-state index contributed by atoms with van der Waals surface area (Å²) >= 11 is 6.10. The molecule has 0 unspecified atom stereocenters. The Labute approximate surface area is 131 Å². The van der Waals surface area contributed by atoms with Gasteiger partial charge in [0.25, 0.3) is 0 Å². The number of nitrogens with one attached hydrogen (secondary N) is 1. The molecule has 0 atom stereocenters. The molecule has 0 radical (unpaired) electrons. The normalized spacial score (nSPS) is 14.9. The van der Waals surface area contributed by atoms with Crippen LogP contribution in [0.3, 0.4) is 0 Å². The van der Waals surface area contributed by atoms with Gasteiger partial charge in [0.05, 0.1) is 6.21 Å². The van der Waals surface area contributed by atoms with Crippen molar-refractivity contribution in [3.8, 4) is 11.3 Å². The summed E-state index contributed by atoms with van der Waals surface area (Å²) in [5.74, 6) is 0.752. The van der Waals surface area contributed by atoms with E-state index in [1.165, 1.54) is 6.21 Å². The molecule has 7 heteroatoms. The summed E-state index contributed by atoms with van der Waals surface area (Å²) in [7, 11) is 0. The molecule has 22 heavy (non-hydrogen) atoms. The molecule has 1 aliphatic rings. The lowest BCUT2D eigenvalue weighted by Gasteiger charge is -2.04. The number of amides is 3. The number of benzene rings is 1. The van der Waals surface area contributed by atoms with Gasteiger partial charge in [-0.05, 0) is 30.7 Å². The highest BCUT2D eigenvalue weighted by atomic mass is 35.5. The first-order valence-corrected chi connectivity index (χ1v) is 6.93. The Morgan fingerprint density at radius 2 is 2.14 bits per heavy atom. The summed E-state index contributed by atoms with van der Waals surface area (Å²) in [6.45, 7) is 1.82. The van der Waals surface area contributed by atoms with Crippen LogP contribution in [-0.4, -0.2) is 29.7 Å². The Morgan fingerprint density at radius 3 is 2.86 bits per heavy atom. The maximum atomic E-state index is 11.3. The zero-order valence-electron chi connectivity index (χ0n) is 11.7. The molecule has 1 saturated heterocycles. The first kappa shape index (κ1) is 14.3. The van der Waals surface area contributed by atoms with E-state index < -0.39 is 6.03 Å². The third-order valence-corrected chi connectivity index (χ3v) is 3.67. The van der Waals surface area contributed by atoms with Gasteiger partial charge in [-0.2, -0.15) is 5.10 Å². The highest BCUT2D eigenvalue weighted by Gasteiger charge is 2.26. The summed E-state index contributed by atoms with van der Waals surface area (Å²) in [6, 6.07) is 8.56. The van der Waals surface area contributed by atoms with Gasteiger partial charge in [-0.15, -0.1) is 0 Å². The molecular formula is C15H12ClN3O3. The summed E-state index contributed by atoms with van der Waals surface area (Å²) in [4.78, 5) is 22.4. The number of halogens is 1. The number of nitrogens with zero attached hydrogens (tertiary/aromatic N) is 2. The second-order valence-electron chi connectivity index (χ2n) is 4.77. The molecule has 0 aliphatic carbocycles. The van der Waals surface area contributed by atoms with Crippen molar-refractivity contribution in [2.45, 2.75) is 6.92 Å². The highest BCUT2D eigenvalue weighted by molar-refractivity contribution is 6.31. The summed E-state index contributed by atoms with van der Waals surface area (Å²) in [6.07, 6.45) is 1.39. The van der Waals surface area contributed by atoms with Gasteiger partial charge in [-0.3, -0.25) is 10.1 Å². The Balaban J connectivity index is 1.81. The van der Waals surface area contributed by atoms with Crippen LogP contribution in [0.25, 0.3) is 11.3 Å². The minimum absolute atomic E-state index is 0.0870. The quantitative estimate of drug-likeness (QED) is 0.698. The van der Waals surface area contributed by atoms with Crippen LogP contribution < -0.4 is 5.32 Å². The Kier molecular flexibility index (Phi) is 3.68. The maximum Gasteiger partial charge on any atom is 0.344 e. The summed E-state index contributed by atoms with van der Waals surface area (Å²) in [5.41, 5.74) is 1.81. The predicted molar refractivity (Wildman–Crippen MR) is 81.7 cm³/mol. The van der Waals surface area contributed by atoms with Crippen molar-refractivity contribution < 1.29 is 14.0 Å².